The average molecular weight is 258 g/mol. The van der Waals surface area contributed by atoms with E-state index in [2.05, 4.69) is 10.6 Å². The SMILES string of the molecule is CSCCC1Nc2cc(F)c(F)cc2NC1=O. The minimum absolute atomic E-state index is 0.211. The van der Waals surface area contributed by atoms with E-state index < -0.39 is 11.6 Å². The summed E-state index contributed by atoms with van der Waals surface area (Å²) in [6, 6.07) is 1.66. The van der Waals surface area contributed by atoms with E-state index >= 15 is 0 Å². The highest BCUT2D eigenvalue weighted by Gasteiger charge is 2.26. The van der Waals surface area contributed by atoms with E-state index in [4.69, 9.17) is 0 Å². The fourth-order valence-corrected chi connectivity index (χ4v) is 2.15. The lowest BCUT2D eigenvalue weighted by Gasteiger charge is -2.26. The van der Waals surface area contributed by atoms with E-state index in [1.54, 1.807) is 11.8 Å². The second-order valence-electron chi connectivity index (χ2n) is 3.78. The van der Waals surface area contributed by atoms with Crippen molar-refractivity contribution in [3.8, 4) is 0 Å². The summed E-state index contributed by atoms with van der Waals surface area (Å²) < 4.78 is 26.0. The highest BCUT2D eigenvalue weighted by atomic mass is 32.2. The van der Waals surface area contributed by atoms with Crippen LogP contribution in [0.4, 0.5) is 20.2 Å². The molecule has 0 saturated carbocycles. The maximum absolute atomic E-state index is 13.1. The van der Waals surface area contributed by atoms with Crippen molar-refractivity contribution in [1.82, 2.24) is 0 Å². The summed E-state index contributed by atoms with van der Waals surface area (Å²) >= 11 is 1.63. The van der Waals surface area contributed by atoms with Gasteiger partial charge in [-0.3, -0.25) is 4.79 Å². The number of thioether (sulfide) groups is 1. The van der Waals surface area contributed by atoms with Gasteiger partial charge in [-0.2, -0.15) is 11.8 Å². The van der Waals surface area contributed by atoms with E-state index in [-0.39, 0.29) is 17.6 Å². The Balaban J connectivity index is 2.22. The Labute approximate surface area is 102 Å². The van der Waals surface area contributed by atoms with E-state index in [0.717, 1.165) is 17.9 Å². The molecule has 0 spiro atoms. The number of nitrogens with one attached hydrogen (secondary N) is 2. The smallest absolute Gasteiger partial charge is 0.246 e. The summed E-state index contributed by atoms with van der Waals surface area (Å²) in [5, 5.41) is 5.49. The van der Waals surface area contributed by atoms with Gasteiger partial charge < -0.3 is 10.6 Å². The molecule has 6 heteroatoms. The number of hydrogen-bond donors (Lipinski definition) is 2. The average Bonchev–Trinajstić information content (AvgIpc) is 2.29. The molecule has 1 aromatic rings. The Morgan fingerprint density at radius 3 is 2.59 bits per heavy atom. The van der Waals surface area contributed by atoms with Crippen LogP contribution in [-0.2, 0) is 4.79 Å². The van der Waals surface area contributed by atoms with Gasteiger partial charge in [0.25, 0.3) is 0 Å². The predicted molar refractivity (Wildman–Crippen MR) is 65.4 cm³/mol. The fraction of sp³-hybridized carbons (Fsp3) is 0.364. The van der Waals surface area contributed by atoms with Crippen LogP contribution in [-0.4, -0.2) is 24.0 Å². The van der Waals surface area contributed by atoms with Crippen LogP contribution in [0.15, 0.2) is 12.1 Å². The first-order valence-corrected chi connectivity index (χ1v) is 6.56. The quantitative estimate of drug-likeness (QED) is 0.875. The number of carbonyl (C=O) groups excluding carboxylic acids is 1. The van der Waals surface area contributed by atoms with Crippen LogP contribution in [0.25, 0.3) is 0 Å². The van der Waals surface area contributed by atoms with E-state index in [1.807, 2.05) is 6.26 Å². The monoisotopic (exact) mass is 258 g/mol. The molecule has 1 aliphatic rings. The molecule has 0 bridgehead atoms. The van der Waals surface area contributed by atoms with Gasteiger partial charge in [-0.05, 0) is 18.4 Å². The Bertz CT molecular complexity index is 453. The molecule has 0 saturated heterocycles. The first-order valence-electron chi connectivity index (χ1n) is 5.17. The molecule has 1 aromatic carbocycles. The predicted octanol–water partition coefficient (Wildman–Crippen LogP) is 2.45. The van der Waals surface area contributed by atoms with Crippen molar-refractivity contribution >= 4 is 29.0 Å². The minimum Gasteiger partial charge on any atom is -0.372 e. The molecule has 1 heterocycles. The van der Waals surface area contributed by atoms with Gasteiger partial charge in [0.2, 0.25) is 5.91 Å². The number of amides is 1. The van der Waals surface area contributed by atoms with Crippen LogP contribution in [0.2, 0.25) is 0 Å². The zero-order chi connectivity index (χ0) is 12.4. The molecule has 1 amide bonds. The van der Waals surface area contributed by atoms with Gasteiger partial charge in [0.1, 0.15) is 6.04 Å². The first-order chi connectivity index (χ1) is 8.11. The molecule has 0 aromatic heterocycles. The molecule has 17 heavy (non-hydrogen) atoms. The number of anilines is 2. The highest BCUT2D eigenvalue weighted by molar-refractivity contribution is 7.98. The van der Waals surface area contributed by atoms with E-state index in [9.17, 15) is 13.6 Å². The number of rotatable bonds is 3. The summed E-state index contributed by atoms with van der Waals surface area (Å²) in [5.74, 6) is -1.27. The molecular formula is C11H12F2N2OS. The Morgan fingerprint density at radius 1 is 1.29 bits per heavy atom. The molecule has 0 aliphatic carbocycles. The van der Waals surface area contributed by atoms with Crippen LogP contribution >= 0.6 is 11.8 Å². The van der Waals surface area contributed by atoms with E-state index in [0.29, 0.717) is 12.1 Å². The number of halogens is 2. The van der Waals surface area contributed by atoms with Gasteiger partial charge in [-0.1, -0.05) is 0 Å². The molecule has 92 valence electrons. The Hall–Kier alpha value is -1.30. The number of fused-ring (bicyclic) bond motifs is 1. The molecule has 2 rings (SSSR count). The molecule has 0 fully saturated rings. The van der Waals surface area contributed by atoms with Crippen LogP contribution in [0.1, 0.15) is 6.42 Å². The van der Waals surface area contributed by atoms with Crippen molar-refractivity contribution in [1.29, 1.82) is 0 Å². The number of hydrogen-bond acceptors (Lipinski definition) is 3. The zero-order valence-corrected chi connectivity index (χ0v) is 10.0. The molecule has 1 aliphatic heterocycles. The van der Waals surface area contributed by atoms with Crippen molar-refractivity contribution in [2.75, 3.05) is 22.6 Å². The fourth-order valence-electron chi connectivity index (χ4n) is 1.68. The van der Waals surface area contributed by atoms with Crippen molar-refractivity contribution in [3.05, 3.63) is 23.8 Å². The van der Waals surface area contributed by atoms with Gasteiger partial charge in [0.15, 0.2) is 11.6 Å². The maximum Gasteiger partial charge on any atom is 0.246 e. The number of carbonyl (C=O) groups is 1. The molecule has 3 nitrogen and oxygen atoms in total. The summed E-state index contributed by atoms with van der Waals surface area (Å²) in [5.41, 5.74) is 0.712. The summed E-state index contributed by atoms with van der Waals surface area (Å²) in [7, 11) is 0. The van der Waals surface area contributed by atoms with Crippen molar-refractivity contribution in [2.45, 2.75) is 12.5 Å². The van der Waals surface area contributed by atoms with Crippen molar-refractivity contribution < 1.29 is 13.6 Å². The van der Waals surface area contributed by atoms with Gasteiger partial charge in [0, 0.05) is 12.1 Å². The normalized spacial score (nSPS) is 18.3. The topological polar surface area (TPSA) is 41.1 Å². The van der Waals surface area contributed by atoms with Crippen LogP contribution in [0, 0.1) is 11.6 Å². The third-order valence-electron chi connectivity index (χ3n) is 2.58. The Morgan fingerprint density at radius 2 is 1.94 bits per heavy atom. The van der Waals surface area contributed by atoms with Gasteiger partial charge in [-0.25, -0.2) is 8.78 Å². The lowest BCUT2D eigenvalue weighted by atomic mass is 10.1. The van der Waals surface area contributed by atoms with Gasteiger partial charge in [-0.15, -0.1) is 0 Å². The standard InChI is InChI=1S/C11H12F2N2OS/c1-17-3-2-8-11(16)15-10-5-7(13)6(12)4-9(10)14-8/h4-5,8,14H,2-3H2,1H3,(H,15,16). The Kier molecular flexibility index (Phi) is 3.51. The van der Waals surface area contributed by atoms with E-state index in [1.165, 1.54) is 0 Å². The second-order valence-corrected chi connectivity index (χ2v) is 4.77. The zero-order valence-electron chi connectivity index (χ0n) is 9.22. The molecular weight excluding hydrogens is 246 g/mol. The molecule has 0 radical (unpaired) electrons. The third-order valence-corrected chi connectivity index (χ3v) is 3.22. The van der Waals surface area contributed by atoms with Crippen LogP contribution in [0.3, 0.4) is 0 Å². The van der Waals surface area contributed by atoms with Crippen molar-refractivity contribution in [2.24, 2.45) is 0 Å². The molecule has 1 unspecified atom stereocenters. The lowest BCUT2D eigenvalue weighted by molar-refractivity contribution is -0.117. The summed E-state index contributed by atoms with van der Waals surface area (Å²) in [6.45, 7) is 0. The maximum atomic E-state index is 13.1. The minimum atomic E-state index is -0.964. The second kappa shape index (κ2) is 4.91. The summed E-state index contributed by atoms with van der Waals surface area (Å²) in [6.07, 6.45) is 2.59. The molecule has 1 atom stereocenters. The van der Waals surface area contributed by atoms with Crippen LogP contribution < -0.4 is 10.6 Å². The largest absolute Gasteiger partial charge is 0.372 e. The summed E-state index contributed by atoms with van der Waals surface area (Å²) in [4.78, 5) is 11.7. The highest BCUT2D eigenvalue weighted by Crippen LogP contribution is 2.29. The van der Waals surface area contributed by atoms with Crippen LogP contribution in [0.5, 0.6) is 0 Å². The third kappa shape index (κ3) is 2.52. The van der Waals surface area contributed by atoms with Crippen molar-refractivity contribution in [3.63, 3.8) is 0 Å². The lowest BCUT2D eigenvalue weighted by Crippen LogP contribution is -2.39. The first kappa shape index (κ1) is 12.2. The van der Waals surface area contributed by atoms with Gasteiger partial charge in [0.05, 0.1) is 11.4 Å². The molecule has 2 N–H and O–H groups in total. The van der Waals surface area contributed by atoms with Gasteiger partial charge >= 0.3 is 0 Å². The number of benzene rings is 1.